The Morgan fingerprint density at radius 2 is 1.63 bits per heavy atom. The van der Waals surface area contributed by atoms with Crippen LogP contribution >= 0.6 is 0 Å². The van der Waals surface area contributed by atoms with Gasteiger partial charge in [0.15, 0.2) is 0 Å². The molecule has 0 aliphatic heterocycles. The molecule has 3 nitrogen and oxygen atoms in total. The van der Waals surface area contributed by atoms with Crippen LogP contribution in [-0.4, -0.2) is 9.97 Å². The van der Waals surface area contributed by atoms with E-state index in [1.54, 1.807) is 12.4 Å². The largest absolute Gasteiger partial charge is 0.361 e. The highest BCUT2D eigenvalue weighted by molar-refractivity contribution is 5.59. The maximum absolute atomic E-state index is 5.51. The number of nitrogens with one attached hydrogen (secondary N) is 1. The molecular formula is C16H17N3. The Morgan fingerprint density at radius 1 is 0.895 bits per heavy atom. The molecule has 3 N–H and O–H groups in total. The molecule has 0 bridgehead atoms. The third kappa shape index (κ3) is 4.08. The summed E-state index contributed by atoms with van der Waals surface area (Å²) in [7, 11) is 0. The van der Waals surface area contributed by atoms with Crippen LogP contribution in [0.4, 0.5) is 0 Å². The van der Waals surface area contributed by atoms with Crippen molar-refractivity contribution in [2.24, 2.45) is 5.73 Å². The van der Waals surface area contributed by atoms with Gasteiger partial charge in [-0.05, 0) is 35.4 Å². The Balaban J connectivity index is 0.000000186. The highest BCUT2D eigenvalue weighted by Crippen LogP contribution is 2.16. The molecule has 19 heavy (non-hydrogen) atoms. The predicted octanol–water partition coefficient (Wildman–Crippen LogP) is 3.22. The number of hydrogen-bond acceptors (Lipinski definition) is 2. The topological polar surface area (TPSA) is 54.7 Å². The van der Waals surface area contributed by atoms with Gasteiger partial charge in [-0.25, -0.2) is 0 Å². The monoisotopic (exact) mass is 251 g/mol. The Bertz CT molecular complexity index is 530. The van der Waals surface area contributed by atoms with Crippen LogP contribution < -0.4 is 5.73 Å². The lowest BCUT2D eigenvalue weighted by molar-refractivity contribution is 1.07. The number of rotatable bonds is 2. The summed E-state index contributed by atoms with van der Waals surface area (Å²) in [5.74, 6) is 0. The third-order valence-corrected chi connectivity index (χ3v) is 2.67. The maximum Gasteiger partial charge on any atom is 0.0453 e. The molecule has 1 aromatic carbocycles. The van der Waals surface area contributed by atoms with Gasteiger partial charge in [-0.3, -0.25) is 4.98 Å². The van der Waals surface area contributed by atoms with E-state index in [1.165, 1.54) is 5.56 Å². The lowest BCUT2D eigenvalue weighted by Crippen LogP contribution is -1.95. The number of H-pyrrole nitrogens is 1. The molecule has 0 spiro atoms. The fourth-order valence-corrected chi connectivity index (χ4v) is 1.64. The summed E-state index contributed by atoms with van der Waals surface area (Å²) >= 11 is 0. The highest BCUT2D eigenvalue weighted by Gasteiger charge is 1.96. The van der Waals surface area contributed by atoms with Crippen molar-refractivity contribution in [1.29, 1.82) is 0 Å². The number of hydrogen-bond donors (Lipinski definition) is 2. The molecule has 0 saturated carbocycles. The average molecular weight is 251 g/mol. The van der Waals surface area contributed by atoms with Crippen molar-refractivity contribution < 1.29 is 0 Å². The smallest absolute Gasteiger partial charge is 0.0453 e. The van der Waals surface area contributed by atoms with Crippen molar-refractivity contribution in [3.8, 4) is 11.3 Å². The molecule has 3 aromatic rings. The molecule has 0 radical (unpaired) electrons. The summed E-state index contributed by atoms with van der Waals surface area (Å²) in [6, 6.07) is 18.0. The first-order chi connectivity index (χ1) is 9.40. The SMILES string of the molecule is NCc1ccc(-c2ccc[nH]2)cc1.c1ccncc1. The van der Waals surface area contributed by atoms with Crippen LogP contribution in [-0.2, 0) is 6.54 Å². The van der Waals surface area contributed by atoms with Crippen LogP contribution in [0.25, 0.3) is 11.3 Å². The fraction of sp³-hybridized carbons (Fsp3) is 0.0625. The van der Waals surface area contributed by atoms with Gasteiger partial charge in [0.1, 0.15) is 0 Å². The van der Waals surface area contributed by atoms with Gasteiger partial charge in [0.25, 0.3) is 0 Å². The van der Waals surface area contributed by atoms with Gasteiger partial charge in [0.2, 0.25) is 0 Å². The minimum Gasteiger partial charge on any atom is -0.361 e. The molecule has 3 rings (SSSR count). The molecule has 0 unspecified atom stereocenters. The lowest BCUT2D eigenvalue weighted by Gasteiger charge is -1.99. The molecule has 2 aromatic heterocycles. The maximum atomic E-state index is 5.51. The molecule has 0 fully saturated rings. The van der Waals surface area contributed by atoms with E-state index in [4.69, 9.17) is 5.73 Å². The van der Waals surface area contributed by atoms with E-state index >= 15 is 0 Å². The number of nitrogens with zero attached hydrogens (tertiary/aromatic N) is 1. The number of pyridine rings is 1. The van der Waals surface area contributed by atoms with Gasteiger partial charge in [0, 0.05) is 30.8 Å². The Kier molecular flexibility index (Phi) is 4.90. The lowest BCUT2D eigenvalue weighted by atomic mass is 10.1. The van der Waals surface area contributed by atoms with Gasteiger partial charge in [-0.1, -0.05) is 30.3 Å². The first-order valence-electron chi connectivity index (χ1n) is 6.18. The normalized spacial score (nSPS) is 9.53. The zero-order valence-electron chi connectivity index (χ0n) is 10.7. The second-order valence-electron chi connectivity index (χ2n) is 4.01. The van der Waals surface area contributed by atoms with Crippen molar-refractivity contribution in [2.45, 2.75) is 6.54 Å². The van der Waals surface area contributed by atoms with Crippen LogP contribution in [0.5, 0.6) is 0 Å². The van der Waals surface area contributed by atoms with Crippen LogP contribution in [0, 0.1) is 0 Å². The average Bonchev–Trinajstić information content (AvgIpc) is 3.04. The fourth-order valence-electron chi connectivity index (χ4n) is 1.64. The highest BCUT2D eigenvalue weighted by atomic mass is 14.7. The first-order valence-corrected chi connectivity index (χ1v) is 6.18. The summed E-state index contributed by atoms with van der Waals surface area (Å²) in [5, 5.41) is 0. The molecule has 0 saturated heterocycles. The number of aromatic nitrogens is 2. The second-order valence-corrected chi connectivity index (χ2v) is 4.01. The Hall–Kier alpha value is -2.39. The zero-order chi connectivity index (χ0) is 13.3. The van der Waals surface area contributed by atoms with Gasteiger partial charge in [0.05, 0.1) is 0 Å². The molecule has 0 aliphatic carbocycles. The molecule has 0 atom stereocenters. The Morgan fingerprint density at radius 3 is 2.05 bits per heavy atom. The quantitative estimate of drug-likeness (QED) is 0.734. The minimum atomic E-state index is 0.602. The van der Waals surface area contributed by atoms with Crippen molar-refractivity contribution >= 4 is 0 Å². The van der Waals surface area contributed by atoms with E-state index in [0.717, 1.165) is 11.3 Å². The van der Waals surface area contributed by atoms with E-state index < -0.39 is 0 Å². The van der Waals surface area contributed by atoms with Gasteiger partial charge >= 0.3 is 0 Å². The molecule has 0 amide bonds. The van der Waals surface area contributed by atoms with Gasteiger partial charge in [-0.2, -0.15) is 0 Å². The zero-order valence-corrected chi connectivity index (χ0v) is 10.7. The summed E-state index contributed by atoms with van der Waals surface area (Å²) in [6.45, 7) is 0.602. The number of benzene rings is 1. The van der Waals surface area contributed by atoms with E-state index in [2.05, 4.69) is 40.3 Å². The standard InChI is InChI=1S/C11H12N2.C5H5N/c12-8-9-3-5-10(6-4-9)11-2-1-7-13-11;1-2-4-6-5-3-1/h1-7,13H,8,12H2;1-5H. The summed E-state index contributed by atoms with van der Waals surface area (Å²) in [5.41, 5.74) is 9.01. The number of nitrogens with two attached hydrogens (primary N) is 1. The van der Waals surface area contributed by atoms with Crippen LogP contribution in [0.3, 0.4) is 0 Å². The minimum absolute atomic E-state index is 0.602. The van der Waals surface area contributed by atoms with Crippen molar-refractivity contribution in [3.05, 3.63) is 78.8 Å². The molecule has 96 valence electrons. The van der Waals surface area contributed by atoms with Gasteiger partial charge in [-0.15, -0.1) is 0 Å². The van der Waals surface area contributed by atoms with Crippen molar-refractivity contribution in [1.82, 2.24) is 9.97 Å². The van der Waals surface area contributed by atoms with Crippen LogP contribution in [0.15, 0.2) is 73.2 Å². The van der Waals surface area contributed by atoms with Crippen molar-refractivity contribution in [3.63, 3.8) is 0 Å². The predicted molar refractivity (Wildman–Crippen MR) is 78.4 cm³/mol. The molecule has 3 heteroatoms. The van der Waals surface area contributed by atoms with E-state index in [1.807, 2.05) is 30.5 Å². The van der Waals surface area contributed by atoms with E-state index in [-0.39, 0.29) is 0 Å². The van der Waals surface area contributed by atoms with E-state index in [0.29, 0.717) is 6.54 Å². The second kappa shape index (κ2) is 7.13. The molecule has 2 heterocycles. The Labute approximate surface area is 113 Å². The first kappa shape index (κ1) is 13.1. The van der Waals surface area contributed by atoms with Crippen molar-refractivity contribution in [2.75, 3.05) is 0 Å². The molecular weight excluding hydrogens is 234 g/mol. The summed E-state index contributed by atoms with van der Waals surface area (Å²) in [6.07, 6.45) is 5.42. The van der Waals surface area contributed by atoms with E-state index in [9.17, 15) is 0 Å². The summed E-state index contributed by atoms with van der Waals surface area (Å²) in [4.78, 5) is 6.94. The molecule has 0 aliphatic rings. The van der Waals surface area contributed by atoms with Crippen LogP contribution in [0.1, 0.15) is 5.56 Å². The number of aromatic amines is 1. The van der Waals surface area contributed by atoms with Gasteiger partial charge < -0.3 is 10.7 Å². The van der Waals surface area contributed by atoms with Crippen LogP contribution in [0.2, 0.25) is 0 Å². The summed E-state index contributed by atoms with van der Waals surface area (Å²) < 4.78 is 0. The third-order valence-electron chi connectivity index (χ3n) is 2.67.